The topological polar surface area (TPSA) is 47.6 Å². The minimum atomic E-state index is -0.144. The molecule has 1 atom stereocenters. The minimum absolute atomic E-state index is 0.0275. The van der Waals surface area contributed by atoms with Crippen molar-refractivity contribution in [1.29, 1.82) is 0 Å². The fraction of sp³-hybridized carbons (Fsp3) is 0.316. The van der Waals surface area contributed by atoms with Crippen LogP contribution in [0, 0.1) is 6.92 Å². The average molecular weight is 313 g/mol. The molecule has 1 amide bonds. The first-order valence-electron chi connectivity index (χ1n) is 7.67. The van der Waals surface area contributed by atoms with E-state index in [-0.39, 0.29) is 11.9 Å². The molecule has 4 heteroatoms. The predicted molar refractivity (Wildman–Crippen MR) is 91.2 cm³/mol. The smallest absolute Gasteiger partial charge is 0.252 e. The SMILES string of the molecule is CC[C@H](NC(=O)c1cc(OC)cc(OC)c1)c1ccc(C)cc1. The van der Waals surface area contributed by atoms with Crippen molar-refractivity contribution in [3.8, 4) is 11.5 Å². The van der Waals surface area contributed by atoms with E-state index < -0.39 is 0 Å². The van der Waals surface area contributed by atoms with Crippen LogP contribution >= 0.6 is 0 Å². The second-order valence-corrected chi connectivity index (χ2v) is 5.45. The molecule has 0 heterocycles. The average Bonchev–Trinajstić information content (AvgIpc) is 2.59. The van der Waals surface area contributed by atoms with Crippen molar-refractivity contribution in [3.05, 3.63) is 59.2 Å². The van der Waals surface area contributed by atoms with Gasteiger partial charge in [-0.15, -0.1) is 0 Å². The van der Waals surface area contributed by atoms with E-state index in [1.807, 2.05) is 6.92 Å². The summed E-state index contributed by atoms with van der Waals surface area (Å²) < 4.78 is 10.4. The fourth-order valence-electron chi connectivity index (χ4n) is 2.40. The number of aryl methyl sites for hydroxylation is 1. The molecule has 0 unspecified atom stereocenters. The monoisotopic (exact) mass is 313 g/mol. The van der Waals surface area contributed by atoms with Gasteiger partial charge in [-0.1, -0.05) is 36.8 Å². The molecule has 0 bridgehead atoms. The number of carbonyl (C=O) groups is 1. The molecular formula is C19H23NO3. The van der Waals surface area contributed by atoms with Crippen LogP contribution in [0.2, 0.25) is 0 Å². The summed E-state index contributed by atoms with van der Waals surface area (Å²) in [6.07, 6.45) is 0.815. The Hall–Kier alpha value is -2.49. The Kier molecular flexibility index (Phi) is 5.63. The lowest BCUT2D eigenvalue weighted by molar-refractivity contribution is 0.0935. The Bertz CT molecular complexity index is 643. The van der Waals surface area contributed by atoms with Crippen LogP contribution in [-0.2, 0) is 0 Å². The van der Waals surface area contributed by atoms with E-state index in [1.165, 1.54) is 5.56 Å². The van der Waals surface area contributed by atoms with E-state index in [0.717, 1.165) is 12.0 Å². The Labute approximate surface area is 137 Å². The zero-order valence-electron chi connectivity index (χ0n) is 14.1. The lowest BCUT2D eigenvalue weighted by Gasteiger charge is -2.18. The molecular weight excluding hydrogens is 290 g/mol. The summed E-state index contributed by atoms with van der Waals surface area (Å²) in [5.41, 5.74) is 2.82. The molecule has 0 aromatic heterocycles. The largest absolute Gasteiger partial charge is 0.497 e. The van der Waals surface area contributed by atoms with Crippen LogP contribution in [0.3, 0.4) is 0 Å². The van der Waals surface area contributed by atoms with Crippen molar-refractivity contribution < 1.29 is 14.3 Å². The second-order valence-electron chi connectivity index (χ2n) is 5.45. The maximum absolute atomic E-state index is 12.6. The van der Waals surface area contributed by atoms with E-state index >= 15 is 0 Å². The molecule has 0 aliphatic heterocycles. The highest BCUT2D eigenvalue weighted by molar-refractivity contribution is 5.95. The third-order valence-corrected chi connectivity index (χ3v) is 3.81. The van der Waals surface area contributed by atoms with Gasteiger partial charge < -0.3 is 14.8 Å². The molecule has 0 saturated heterocycles. The Morgan fingerprint density at radius 3 is 2.09 bits per heavy atom. The lowest BCUT2D eigenvalue weighted by atomic mass is 10.0. The first kappa shape index (κ1) is 16.9. The van der Waals surface area contributed by atoms with Gasteiger partial charge in [0.1, 0.15) is 11.5 Å². The number of benzene rings is 2. The van der Waals surface area contributed by atoms with Gasteiger partial charge in [-0.25, -0.2) is 0 Å². The Balaban J connectivity index is 2.21. The molecule has 0 aliphatic rings. The summed E-state index contributed by atoms with van der Waals surface area (Å²) in [6, 6.07) is 13.3. The van der Waals surface area contributed by atoms with Gasteiger partial charge in [-0.3, -0.25) is 4.79 Å². The number of ether oxygens (including phenoxy) is 2. The highest BCUT2D eigenvalue weighted by Gasteiger charge is 2.15. The van der Waals surface area contributed by atoms with Gasteiger partial charge >= 0.3 is 0 Å². The molecule has 0 fully saturated rings. The zero-order chi connectivity index (χ0) is 16.8. The number of rotatable bonds is 6. The van der Waals surface area contributed by atoms with Gasteiger partial charge in [0.05, 0.1) is 20.3 Å². The summed E-state index contributed by atoms with van der Waals surface area (Å²) in [6.45, 7) is 4.10. The van der Waals surface area contributed by atoms with E-state index in [0.29, 0.717) is 17.1 Å². The van der Waals surface area contributed by atoms with Crippen molar-refractivity contribution >= 4 is 5.91 Å². The number of amides is 1. The van der Waals surface area contributed by atoms with Crippen molar-refractivity contribution in [1.82, 2.24) is 5.32 Å². The molecule has 2 aromatic carbocycles. The lowest BCUT2D eigenvalue weighted by Crippen LogP contribution is -2.28. The zero-order valence-corrected chi connectivity index (χ0v) is 14.1. The molecule has 4 nitrogen and oxygen atoms in total. The highest BCUT2D eigenvalue weighted by atomic mass is 16.5. The van der Waals surface area contributed by atoms with E-state index in [1.54, 1.807) is 32.4 Å². The van der Waals surface area contributed by atoms with Crippen molar-refractivity contribution in [3.63, 3.8) is 0 Å². The number of hydrogen-bond acceptors (Lipinski definition) is 3. The quantitative estimate of drug-likeness (QED) is 0.880. The Morgan fingerprint density at radius 1 is 1.04 bits per heavy atom. The first-order chi connectivity index (χ1) is 11.1. The fourth-order valence-corrected chi connectivity index (χ4v) is 2.40. The standard InChI is InChI=1S/C19H23NO3/c1-5-18(14-8-6-13(2)7-9-14)20-19(21)15-10-16(22-3)12-17(11-15)23-4/h6-12,18H,5H2,1-4H3,(H,20,21)/t18-/m0/s1. The van der Waals surface area contributed by atoms with Crippen LogP contribution in [0.4, 0.5) is 0 Å². The van der Waals surface area contributed by atoms with Crippen LogP contribution in [0.1, 0.15) is 40.9 Å². The van der Waals surface area contributed by atoms with Gasteiger partial charge in [0.2, 0.25) is 0 Å². The normalized spacial score (nSPS) is 11.7. The van der Waals surface area contributed by atoms with Crippen LogP contribution in [0.25, 0.3) is 0 Å². The molecule has 0 radical (unpaired) electrons. The molecule has 0 saturated carbocycles. The predicted octanol–water partition coefficient (Wildman–Crippen LogP) is 3.89. The summed E-state index contributed by atoms with van der Waals surface area (Å²) in [5.74, 6) is 1.05. The third-order valence-electron chi connectivity index (χ3n) is 3.81. The number of hydrogen-bond donors (Lipinski definition) is 1. The first-order valence-corrected chi connectivity index (χ1v) is 7.67. The van der Waals surface area contributed by atoms with Gasteiger partial charge in [-0.05, 0) is 31.0 Å². The summed E-state index contributed by atoms with van der Waals surface area (Å²) in [7, 11) is 3.13. The molecule has 0 spiro atoms. The molecule has 122 valence electrons. The molecule has 1 N–H and O–H groups in total. The van der Waals surface area contributed by atoms with E-state index in [4.69, 9.17) is 9.47 Å². The Morgan fingerprint density at radius 2 is 1.61 bits per heavy atom. The minimum Gasteiger partial charge on any atom is -0.497 e. The summed E-state index contributed by atoms with van der Waals surface area (Å²) >= 11 is 0. The van der Waals surface area contributed by atoms with Gasteiger partial charge in [0.25, 0.3) is 5.91 Å². The number of nitrogens with one attached hydrogen (secondary N) is 1. The van der Waals surface area contributed by atoms with Crippen molar-refractivity contribution in [2.75, 3.05) is 14.2 Å². The second kappa shape index (κ2) is 7.68. The number of carbonyl (C=O) groups excluding carboxylic acids is 1. The van der Waals surface area contributed by atoms with E-state index in [9.17, 15) is 4.79 Å². The summed E-state index contributed by atoms with van der Waals surface area (Å²) in [4.78, 5) is 12.6. The van der Waals surface area contributed by atoms with Crippen molar-refractivity contribution in [2.45, 2.75) is 26.3 Å². The van der Waals surface area contributed by atoms with Crippen molar-refractivity contribution in [2.24, 2.45) is 0 Å². The van der Waals surface area contributed by atoms with Crippen LogP contribution < -0.4 is 14.8 Å². The third kappa shape index (κ3) is 4.25. The molecule has 2 aromatic rings. The van der Waals surface area contributed by atoms with Crippen LogP contribution in [-0.4, -0.2) is 20.1 Å². The summed E-state index contributed by atoms with van der Waals surface area (Å²) in [5, 5.41) is 3.07. The van der Waals surface area contributed by atoms with Gasteiger partial charge in [0, 0.05) is 11.6 Å². The number of methoxy groups -OCH3 is 2. The van der Waals surface area contributed by atoms with Crippen LogP contribution in [0.15, 0.2) is 42.5 Å². The van der Waals surface area contributed by atoms with Gasteiger partial charge in [-0.2, -0.15) is 0 Å². The maximum Gasteiger partial charge on any atom is 0.252 e. The van der Waals surface area contributed by atoms with E-state index in [2.05, 4.69) is 36.5 Å². The highest BCUT2D eigenvalue weighted by Crippen LogP contribution is 2.24. The molecule has 2 rings (SSSR count). The van der Waals surface area contributed by atoms with Crippen LogP contribution in [0.5, 0.6) is 11.5 Å². The molecule has 23 heavy (non-hydrogen) atoms. The maximum atomic E-state index is 12.6. The molecule has 0 aliphatic carbocycles. The van der Waals surface area contributed by atoms with Gasteiger partial charge in [0.15, 0.2) is 0 Å².